The van der Waals surface area contributed by atoms with Gasteiger partial charge in [0, 0.05) is 12.2 Å². The molecule has 102 valence electrons. The molecule has 19 heavy (non-hydrogen) atoms. The van der Waals surface area contributed by atoms with Crippen LogP contribution in [0.2, 0.25) is 0 Å². The number of nitrogens with zero attached hydrogens (tertiary/aromatic N) is 2. The lowest BCUT2D eigenvalue weighted by Crippen LogP contribution is -2.43. The second-order valence-corrected chi connectivity index (χ2v) is 4.21. The summed E-state index contributed by atoms with van der Waals surface area (Å²) in [5.41, 5.74) is 1.22. The molecule has 0 saturated carbocycles. The first kappa shape index (κ1) is 15.2. The Morgan fingerprint density at radius 3 is 2.58 bits per heavy atom. The van der Waals surface area contributed by atoms with Gasteiger partial charge < -0.3 is 10.4 Å². The van der Waals surface area contributed by atoms with Crippen molar-refractivity contribution in [1.82, 2.24) is 4.90 Å². The fraction of sp³-hybridized carbons (Fsp3) is 0.429. The van der Waals surface area contributed by atoms with E-state index in [0.29, 0.717) is 24.3 Å². The Morgan fingerprint density at radius 2 is 2.11 bits per heavy atom. The number of nitrogens with one attached hydrogen (secondary N) is 1. The summed E-state index contributed by atoms with van der Waals surface area (Å²) in [6, 6.07) is 8.43. The van der Waals surface area contributed by atoms with Crippen molar-refractivity contribution in [3.8, 4) is 6.07 Å². The van der Waals surface area contributed by atoms with Crippen LogP contribution in [0.4, 0.5) is 5.69 Å². The molecule has 1 amide bonds. The molecule has 0 aliphatic heterocycles. The average molecular weight is 261 g/mol. The molecular weight excluding hydrogens is 242 g/mol. The Labute approximate surface area is 113 Å². The zero-order valence-electron chi connectivity index (χ0n) is 11.3. The van der Waals surface area contributed by atoms with E-state index < -0.39 is 0 Å². The third kappa shape index (κ3) is 4.36. The van der Waals surface area contributed by atoms with E-state index in [0.717, 1.165) is 0 Å². The Kier molecular flexibility index (Phi) is 6.00. The third-order valence-electron chi connectivity index (χ3n) is 3.00. The second kappa shape index (κ2) is 7.52. The number of anilines is 1. The van der Waals surface area contributed by atoms with Crippen molar-refractivity contribution in [2.75, 3.05) is 25.0 Å². The summed E-state index contributed by atoms with van der Waals surface area (Å²) in [6.45, 7) is 4.95. The molecule has 1 aromatic carbocycles. The summed E-state index contributed by atoms with van der Waals surface area (Å²) in [4.78, 5) is 13.9. The van der Waals surface area contributed by atoms with Crippen LogP contribution < -0.4 is 5.32 Å². The van der Waals surface area contributed by atoms with Crippen LogP contribution in [0.1, 0.15) is 19.4 Å². The van der Waals surface area contributed by atoms with Gasteiger partial charge in [0.2, 0.25) is 5.91 Å². The van der Waals surface area contributed by atoms with Crippen LogP contribution in [0.15, 0.2) is 24.3 Å². The van der Waals surface area contributed by atoms with Gasteiger partial charge in [0.05, 0.1) is 24.3 Å². The van der Waals surface area contributed by atoms with E-state index in [9.17, 15) is 4.79 Å². The van der Waals surface area contributed by atoms with Gasteiger partial charge >= 0.3 is 0 Å². The van der Waals surface area contributed by atoms with Crippen molar-refractivity contribution >= 4 is 11.6 Å². The minimum atomic E-state index is -0.312. The van der Waals surface area contributed by atoms with Crippen LogP contribution in [0.5, 0.6) is 0 Å². The van der Waals surface area contributed by atoms with E-state index in [-0.39, 0.29) is 18.6 Å². The van der Waals surface area contributed by atoms with Gasteiger partial charge in [0.25, 0.3) is 0 Å². The van der Waals surface area contributed by atoms with Gasteiger partial charge in [0.15, 0.2) is 0 Å². The van der Waals surface area contributed by atoms with Crippen molar-refractivity contribution in [3.63, 3.8) is 0 Å². The lowest BCUT2D eigenvalue weighted by Gasteiger charge is -2.25. The van der Waals surface area contributed by atoms with Gasteiger partial charge in [0.1, 0.15) is 0 Å². The normalized spacial score (nSPS) is 11.9. The Bertz CT molecular complexity index is 451. The van der Waals surface area contributed by atoms with E-state index in [2.05, 4.69) is 5.32 Å². The second-order valence-electron chi connectivity index (χ2n) is 4.21. The lowest BCUT2D eigenvalue weighted by molar-refractivity contribution is -0.120. The van der Waals surface area contributed by atoms with Crippen molar-refractivity contribution in [3.05, 3.63) is 29.8 Å². The summed E-state index contributed by atoms with van der Waals surface area (Å²) in [6.07, 6.45) is 0. The van der Waals surface area contributed by atoms with Crippen LogP contribution in [0.25, 0.3) is 0 Å². The number of benzene rings is 1. The molecule has 1 rings (SSSR count). The lowest BCUT2D eigenvalue weighted by atomic mass is 10.2. The number of amides is 1. The number of rotatable bonds is 6. The molecule has 5 heteroatoms. The zero-order valence-corrected chi connectivity index (χ0v) is 11.3. The smallest absolute Gasteiger partial charge is 0.241 e. The summed E-state index contributed by atoms with van der Waals surface area (Å²) in [5.74, 6) is -0.125. The highest BCUT2D eigenvalue weighted by Gasteiger charge is 2.19. The van der Waals surface area contributed by atoms with Gasteiger partial charge in [-0.15, -0.1) is 0 Å². The van der Waals surface area contributed by atoms with E-state index in [1.54, 1.807) is 31.2 Å². The SMILES string of the molecule is CCN(CCO)C(C)C(=O)Nc1ccc(C#N)cc1. The first-order chi connectivity index (χ1) is 9.12. The topological polar surface area (TPSA) is 76.4 Å². The predicted octanol–water partition coefficient (Wildman–Crippen LogP) is 1.20. The number of carbonyl (C=O) groups is 1. The molecule has 1 aromatic rings. The summed E-state index contributed by atoms with van der Waals surface area (Å²) in [7, 11) is 0. The number of carbonyl (C=O) groups excluding carboxylic acids is 1. The minimum Gasteiger partial charge on any atom is -0.395 e. The summed E-state index contributed by atoms with van der Waals surface area (Å²) in [5, 5.41) is 20.4. The molecule has 1 unspecified atom stereocenters. The van der Waals surface area contributed by atoms with Crippen LogP contribution in [0.3, 0.4) is 0 Å². The number of aliphatic hydroxyl groups excluding tert-OH is 1. The van der Waals surface area contributed by atoms with Gasteiger partial charge in [-0.2, -0.15) is 5.26 Å². The maximum Gasteiger partial charge on any atom is 0.241 e. The molecule has 1 atom stereocenters. The van der Waals surface area contributed by atoms with Crippen LogP contribution in [-0.2, 0) is 4.79 Å². The Hall–Kier alpha value is -1.90. The first-order valence-electron chi connectivity index (χ1n) is 6.28. The maximum absolute atomic E-state index is 12.0. The maximum atomic E-state index is 12.0. The fourth-order valence-electron chi connectivity index (χ4n) is 1.79. The predicted molar refractivity (Wildman–Crippen MR) is 73.6 cm³/mol. The quantitative estimate of drug-likeness (QED) is 0.806. The Morgan fingerprint density at radius 1 is 1.47 bits per heavy atom. The van der Waals surface area contributed by atoms with Gasteiger partial charge in [-0.1, -0.05) is 6.92 Å². The highest BCUT2D eigenvalue weighted by molar-refractivity contribution is 5.94. The monoisotopic (exact) mass is 261 g/mol. The number of likely N-dealkylation sites (N-methyl/N-ethyl adjacent to an activating group) is 1. The van der Waals surface area contributed by atoms with E-state index in [1.165, 1.54) is 0 Å². The van der Waals surface area contributed by atoms with Crippen LogP contribution >= 0.6 is 0 Å². The van der Waals surface area contributed by atoms with E-state index >= 15 is 0 Å². The van der Waals surface area contributed by atoms with Gasteiger partial charge in [-0.05, 0) is 37.7 Å². The zero-order chi connectivity index (χ0) is 14.3. The molecule has 0 spiro atoms. The fourth-order valence-corrected chi connectivity index (χ4v) is 1.79. The molecule has 2 N–H and O–H groups in total. The summed E-state index contributed by atoms with van der Waals surface area (Å²) >= 11 is 0. The summed E-state index contributed by atoms with van der Waals surface area (Å²) < 4.78 is 0. The standard InChI is InChI=1S/C14H19N3O2/c1-3-17(8-9-18)11(2)14(19)16-13-6-4-12(10-15)5-7-13/h4-7,11,18H,3,8-9H2,1-2H3,(H,16,19). The van der Waals surface area contributed by atoms with Gasteiger partial charge in [-0.3, -0.25) is 9.69 Å². The van der Waals surface area contributed by atoms with Crippen LogP contribution in [-0.4, -0.2) is 41.7 Å². The molecule has 5 nitrogen and oxygen atoms in total. The molecular formula is C14H19N3O2. The molecule has 0 aliphatic rings. The van der Waals surface area contributed by atoms with Crippen LogP contribution in [0, 0.1) is 11.3 Å². The Balaban J connectivity index is 2.64. The van der Waals surface area contributed by atoms with Crippen molar-refractivity contribution in [2.24, 2.45) is 0 Å². The largest absolute Gasteiger partial charge is 0.395 e. The van der Waals surface area contributed by atoms with E-state index in [1.807, 2.05) is 17.9 Å². The molecule has 0 aliphatic carbocycles. The molecule has 0 radical (unpaired) electrons. The molecule has 0 saturated heterocycles. The molecule has 0 bridgehead atoms. The highest BCUT2D eigenvalue weighted by atomic mass is 16.3. The first-order valence-corrected chi connectivity index (χ1v) is 6.28. The van der Waals surface area contributed by atoms with Gasteiger partial charge in [-0.25, -0.2) is 0 Å². The average Bonchev–Trinajstić information content (AvgIpc) is 2.44. The van der Waals surface area contributed by atoms with Crippen molar-refractivity contribution < 1.29 is 9.90 Å². The minimum absolute atomic E-state index is 0.0301. The molecule has 0 heterocycles. The highest BCUT2D eigenvalue weighted by Crippen LogP contribution is 2.10. The number of aliphatic hydroxyl groups is 1. The van der Waals surface area contributed by atoms with Crippen molar-refractivity contribution in [2.45, 2.75) is 19.9 Å². The number of hydrogen-bond donors (Lipinski definition) is 2. The van der Waals surface area contributed by atoms with E-state index in [4.69, 9.17) is 10.4 Å². The van der Waals surface area contributed by atoms with Crippen molar-refractivity contribution in [1.29, 1.82) is 5.26 Å². The molecule has 0 fully saturated rings. The third-order valence-corrected chi connectivity index (χ3v) is 3.00. The number of hydrogen-bond acceptors (Lipinski definition) is 4. The molecule has 0 aromatic heterocycles. The number of nitriles is 1.